The summed E-state index contributed by atoms with van der Waals surface area (Å²) in [4.78, 5) is 0. The van der Waals surface area contributed by atoms with Gasteiger partial charge in [-0.05, 0) is 0 Å². The summed E-state index contributed by atoms with van der Waals surface area (Å²) in [6.07, 6.45) is -7.19. The molecule has 1 aliphatic heterocycles. The van der Waals surface area contributed by atoms with Crippen LogP contribution < -0.4 is 12.4 Å². The number of aliphatic hydroxyl groups excluding tert-OH is 7. The molecule has 8 nitrogen and oxygen atoms in total. The predicted octanol–water partition coefficient (Wildman–Crippen LogP) is -7.20. The fraction of sp³-hybridized carbons (Fsp3) is 1.00. The molecule has 1 fully saturated rings. The van der Waals surface area contributed by atoms with Gasteiger partial charge >= 0.3 is 0 Å². The molecule has 0 saturated carbocycles. The molecule has 1 unspecified atom stereocenters. The number of halogens is 1. The van der Waals surface area contributed by atoms with Gasteiger partial charge in [0.05, 0.1) is 13.2 Å². The third kappa shape index (κ3) is 5.17. The molecule has 1 rings (SSSR count). The highest BCUT2D eigenvalue weighted by Gasteiger charge is 2.51. The van der Waals surface area contributed by atoms with Crippen LogP contribution in [-0.4, -0.2) is 109 Å². The Morgan fingerprint density at radius 2 is 1.73 bits per heavy atom. The van der Waals surface area contributed by atoms with Crippen LogP contribution in [-0.2, 0) is 15.6 Å². The summed E-state index contributed by atoms with van der Waals surface area (Å²) in [6, 6.07) is 0. The van der Waals surface area contributed by atoms with E-state index in [9.17, 15) is 30.6 Å². The second-order valence-corrected chi connectivity index (χ2v) is 7.51. The van der Waals surface area contributed by atoms with Crippen molar-refractivity contribution in [1.82, 2.24) is 0 Å². The fourth-order valence-electron chi connectivity index (χ4n) is 2.46. The number of hydrogen-bond donors (Lipinski definition) is 7. The molecule has 1 heterocycles. The summed E-state index contributed by atoms with van der Waals surface area (Å²) in [5.74, 6) is 0.353. The highest BCUT2D eigenvalue weighted by molar-refractivity contribution is 7.97. The summed E-state index contributed by atoms with van der Waals surface area (Å²) < 4.78 is 4.98. The van der Waals surface area contributed by atoms with Gasteiger partial charge in [0.25, 0.3) is 0 Å². The first-order valence-electron chi connectivity index (χ1n) is 6.68. The average Bonchev–Trinajstić information content (AvgIpc) is 2.72. The fourth-order valence-corrected chi connectivity index (χ4v) is 5.14. The lowest BCUT2D eigenvalue weighted by molar-refractivity contribution is -0.123. The van der Waals surface area contributed by atoms with E-state index in [-0.39, 0.29) is 30.5 Å². The van der Waals surface area contributed by atoms with Crippen molar-refractivity contribution < 1.29 is 52.9 Å². The van der Waals surface area contributed by atoms with Crippen LogP contribution in [0.5, 0.6) is 0 Å². The van der Waals surface area contributed by atoms with Crippen molar-refractivity contribution in [2.45, 2.75) is 41.9 Å². The molecule has 0 spiro atoms. The Hall–Kier alpha value is 0.320. The topological polar surface area (TPSA) is 151 Å². The molecule has 0 aromatic heterocycles. The van der Waals surface area contributed by atoms with E-state index in [2.05, 4.69) is 0 Å². The van der Waals surface area contributed by atoms with Gasteiger partial charge in [-0.25, -0.2) is 0 Å². The number of hydrogen-bond acceptors (Lipinski definition) is 8. The van der Waals surface area contributed by atoms with Crippen molar-refractivity contribution in [3.05, 3.63) is 0 Å². The number of rotatable bonds is 8. The Balaban J connectivity index is 0.00000441. The zero-order valence-corrected chi connectivity index (χ0v) is 13.8. The molecule has 22 heavy (non-hydrogen) atoms. The zero-order chi connectivity index (χ0) is 16.2. The summed E-state index contributed by atoms with van der Waals surface area (Å²) in [6.45, 7) is -0.982. The molecule has 1 saturated heterocycles. The normalized spacial score (nSPS) is 33.8. The molecular weight excluding hydrogens is 340 g/mol. The van der Waals surface area contributed by atoms with E-state index in [0.717, 1.165) is 0 Å². The highest BCUT2D eigenvalue weighted by atomic mass is 35.5. The molecule has 0 bridgehead atoms. The van der Waals surface area contributed by atoms with Gasteiger partial charge in [0, 0.05) is 18.0 Å². The van der Waals surface area contributed by atoms with Crippen LogP contribution >= 0.6 is 0 Å². The van der Waals surface area contributed by atoms with Crippen LogP contribution in [0.25, 0.3) is 0 Å². The largest absolute Gasteiger partial charge is 1.00 e. The predicted molar refractivity (Wildman–Crippen MR) is 75.9 cm³/mol. The van der Waals surface area contributed by atoms with Crippen molar-refractivity contribution in [1.29, 1.82) is 0 Å². The third-order valence-electron chi connectivity index (χ3n) is 3.72. The lowest BCUT2D eigenvalue weighted by atomic mass is 10.0. The second-order valence-electron chi connectivity index (χ2n) is 5.16. The van der Waals surface area contributed by atoms with Gasteiger partial charge < -0.3 is 52.9 Å². The Labute approximate surface area is 138 Å². The van der Waals surface area contributed by atoms with Crippen LogP contribution in [0, 0.1) is 0 Å². The van der Waals surface area contributed by atoms with E-state index in [1.54, 1.807) is 0 Å². The smallest absolute Gasteiger partial charge is 0.169 e. The van der Waals surface area contributed by atoms with Crippen LogP contribution in [0.3, 0.4) is 0 Å². The molecule has 0 aromatic rings. The van der Waals surface area contributed by atoms with Crippen molar-refractivity contribution in [3.63, 3.8) is 0 Å². The molecule has 0 amide bonds. The number of aliphatic hydroxyl groups is 7. The molecule has 7 N–H and O–H groups in total. The Bertz CT molecular complexity index is 313. The van der Waals surface area contributed by atoms with E-state index >= 15 is 0 Å². The van der Waals surface area contributed by atoms with Gasteiger partial charge in [0.2, 0.25) is 0 Å². The average molecular weight is 365 g/mol. The maximum atomic E-state index is 10.2. The Kier molecular flexibility index (Phi) is 10.4. The van der Waals surface area contributed by atoms with Crippen LogP contribution in [0.1, 0.15) is 0 Å². The van der Waals surface area contributed by atoms with Crippen molar-refractivity contribution in [3.8, 4) is 0 Å². The second kappa shape index (κ2) is 10.2. The monoisotopic (exact) mass is 364 g/mol. The van der Waals surface area contributed by atoms with Gasteiger partial charge in [-0.3, -0.25) is 0 Å². The van der Waals surface area contributed by atoms with E-state index in [1.165, 1.54) is 7.11 Å². The van der Waals surface area contributed by atoms with Gasteiger partial charge in [-0.2, -0.15) is 0 Å². The quantitative estimate of drug-likeness (QED) is 0.210. The molecule has 0 aromatic carbocycles. The van der Waals surface area contributed by atoms with E-state index in [0.29, 0.717) is 0 Å². The molecule has 1 aliphatic rings. The van der Waals surface area contributed by atoms with Crippen LogP contribution in [0.15, 0.2) is 0 Å². The first-order valence-corrected chi connectivity index (χ1v) is 8.31. The number of ether oxygens (including phenoxy) is 1. The van der Waals surface area contributed by atoms with Crippen molar-refractivity contribution >= 4 is 10.9 Å². The van der Waals surface area contributed by atoms with Gasteiger partial charge in [0.1, 0.15) is 48.1 Å². The van der Waals surface area contributed by atoms with E-state index in [4.69, 9.17) is 9.84 Å². The minimum atomic E-state index is -1.47. The first kappa shape index (κ1) is 22.3. The molecule has 0 aliphatic carbocycles. The maximum absolute atomic E-state index is 10.2. The summed E-state index contributed by atoms with van der Waals surface area (Å²) in [5, 5.41) is 66.3. The van der Waals surface area contributed by atoms with Crippen molar-refractivity contribution in [2.75, 3.05) is 31.8 Å². The van der Waals surface area contributed by atoms with Crippen molar-refractivity contribution in [2.24, 2.45) is 0 Å². The lowest BCUT2D eigenvalue weighted by Crippen LogP contribution is -3.00. The summed E-state index contributed by atoms with van der Waals surface area (Å²) in [5.41, 5.74) is 0. The van der Waals surface area contributed by atoms with Gasteiger partial charge in [-0.15, -0.1) is 0 Å². The Morgan fingerprint density at radius 3 is 2.18 bits per heavy atom. The first-order chi connectivity index (χ1) is 9.87. The summed E-state index contributed by atoms with van der Waals surface area (Å²) >= 11 is 0. The Morgan fingerprint density at radius 1 is 1.14 bits per heavy atom. The van der Waals surface area contributed by atoms with Gasteiger partial charge in [0.15, 0.2) is 5.25 Å². The lowest BCUT2D eigenvalue weighted by Gasteiger charge is -2.28. The molecule has 10 heteroatoms. The van der Waals surface area contributed by atoms with Crippen LogP contribution in [0.2, 0.25) is 0 Å². The highest BCUT2D eigenvalue weighted by Crippen LogP contribution is 2.25. The maximum Gasteiger partial charge on any atom is 0.169 e. The standard InChI is InChI=1S/C12H25O8S.ClH/c1-20-12(11(19)6(15)2-13)8(17)5-21-4-7(16)10(18)9(21)3-14;/h6-19H,2-5H2,1H3;1H/q+1;/p-1/t6-,7+,8+,9+,10-,11+,12+,21?;/m0./s1. The van der Waals surface area contributed by atoms with E-state index < -0.39 is 59.4 Å². The minimum Gasteiger partial charge on any atom is -1.00 e. The molecule has 8 atom stereocenters. The SMILES string of the molecule is CO[C@@H]([C@H](O)[C@@H](O)CO)[C@H](O)C[S+]1C[C@@H](O)[C@H](O)[C@H]1CO.[Cl-]. The van der Waals surface area contributed by atoms with E-state index in [1.807, 2.05) is 0 Å². The van der Waals surface area contributed by atoms with Gasteiger partial charge in [-0.1, -0.05) is 0 Å². The van der Waals surface area contributed by atoms with Crippen LogP contribution in [0.4, 0.5) is 0 Å². The number of methoxy groups -OCH3 is 1. The summed E-state index contributed by atoms with van der Waals surface area (Å²) in [7, 11) is 0.612. The molecule has 0 radical (unpaired) electrons. The third-order valence-corrected chi connectivity index (χ3v) is 6.55. The molecular formula is C12H25ClO8S. The zero-order valence-electron chi connectivity index (χ0n) is 12.2. The minimum absolute atomic E-state index is 0. The molecule has 134 valence electrons.